The number of unbranched alkanes of at least 4 members (excludes halogenated alkanes) is 2. The highest BCUT2D eigenvalue weighted by molar-refractivity contribution is 5.69. The molecule has 0 aliphatic rings. The average molecular weight is 218 g/mol. The molecule has 0 saturated heterocycles. The Kier molecular flexibility index (Phi) is 6.86. The van der Waals surface area contributed by atoms with Gasteiger partial charge in [-0.2, -0.15) is 0 Å². The maximum absolute atomic E-state index is 10.2. The van der Waals surface area contributed by atoms with Crippen LogP contribution in [0.25, 0.3) is 0 Å². The smallest absolute Gasteiger partial charge is 0.324 e. The summed E-state index contributed by atoms with van der Waals surface area (Å²) in [5.41, 5.74) is 0. The predicted molar refractivity (Wildman–Crippen MR) is 51.1 cm³/mol. The molecule has 0 aliphatic heterocycles. The second-order valence-corrected chi connectivity index (χ2v) is 3.07. The van der Waals surface area contributed by atoms with Crippen molar-refractivity contribution in [3.63, 3.8) is 0 Å². The molecule has 0 rings (SSSR count). The van der Waals surface area contributed by atoms with Gasteiger partial charge >= 0.3 is 11.9 Å². The Hall–Kier alpha value is -1.66. The number of carboxylic acid groups (broad SMARTS) is 2. The van der Waals surface area contributed by atoms with Gasteiger partial charge in [0, 0.05) is 13.0 Å². The van der Waals surface area contributed by atoms with E-state index in [9.17, 15) is 14.5 Å². The number of hydrogen-bond donors (Lipinski definition) is 2. The third-order valence-corrected chi connectivity index (χ3v) is 1.74. The van der Waals surface area contributed by atoms with Gasteiger partial charge in [-0.25, -0.2) is 5.01 Å². The molecule has 86 valence electrons. The van der Waals surface area contributed by atoms with Gasteiger partial charge in [-0.3, -0.25) is 9.59 Å². The molecule has 15 heavy (non-hydrogen) atoms. The first-order valence-corrected chi connectivity index (χ1v) is 4.58. The summed E-state index contributed by atoms with van der Waals surface area (Å²) in [5.74, 6) is -1.97. The van der Waals surface area contributed by atoms with E-state index in [4.69, 9.17) is 10.2 Å². The van der Waals surface area contributed by atoms with E-state index >= 15 is 0 Å². The molecule has 0 unspecified atom stereocenters. The lowest BCUT2D eigenvalue weighted by atomic mass is 10.2. The maximum Gasteiger partial charge on any atom is 0.324 e. The van der Waals surface area contributed by atoms with Crippen LogP contribution in [0.15, 0.2) is 5.29 Å². The van der Waals surface area contributed by atoms with E-state index in [0.29, 0.717) is 19.3 Å². The minimum absolute atomic E-state index is 0.0907. The van der Waals surface area contributed by atoms with Crippen molar-refractivity contribution in [2.45, 2.75) is 25.7 Å². The fourth-order valence-corrected chi connectivity index (χ4v) is 1.05. The van der Waals surface area contributed by atoms with E-state index < -0.39 is 18.5 Å². The van der Waals surface area contributed by atoms with Gasteiger partial charge in [-0.1, -0.05) is 6.42 Å². The summed E-state index contributed by atoms with van der Waals surface area (Å²) in [5, 5.41) is 20.2. The van der Waals surface area contributed by atoms with Crippen molar-refractivity contribution in [1.82, 2.24) is 5.01 Å². The molecule has 0 aromatic heterocycles. The van der Waals surface area contributed by atoms with Gasteiger partial charge in [0.05, 0.1) is 5.29 Å². The van der Waals surface area contributed by atoms with Crippen molar-refractivity contribution in [3.8, 4) is 0 Å². The molecule has 7 nitrogen and oxygen atoms in total. The number of nitroso groups, excluding NO2 is 1. The van der Waals surface area contributed by atoms with E-state index in [-0.39, 0.29) is 13.0 Å². The standard InChI is InChI=1S/C8H14N2O5/c11-7(12)4-2-1-3-5-10(9-15)6-8(13)14/h1-6H2,(H,11,12)(H,13,14). The Bertz CT molecular complexity index is 231. The van der Waals surface area contributed by atoms with Gasteiger partial charge in [0.2, 0.25) is 0 Å². The molecular weight excluding hydrogens is 204 g/mol. The number of nitrogens with zero attached hydrogens (tertiary/aromatic N) is 2. The van der Waals surface area contributed by atoms with Crippen LogP contribution in [0.4, 0.5) is 0 Å². The highest BCUT2D eigenvalue weighted by Gasteiger charge is 2.07. The van der Waals surface area contributed by atoms with Gasteiger partial charge in [0.15, 0.2) is 0 Å². The van der Waals surface area contributed by atoms with Crippen LogP contribution in [0.2, 0.25) is 0 Å². The molecule has 0 heterocycles. The highest BCUT2D eigenvalue weighted by atomic mass is 16.4. The summed E-state index contributed by atoms with van der Waals surface area (Å²) in [4.78, 5) is 30.5. The van der Waals surface area contributed by atoms with Crippen LogP contribution in [0, 0.1) is 4.91 Å². The SMILES string of the molecule is O=NN(CCCCCC(=O)O)CC(=O)O. The summed E-state index contributed by atoms with van der Waals surface area (Å²) in [6.45, 7) is -0.169. The van der Waals surface area contributed by atoms with Crippen molar-refractivity contribution in [1.29, 1.82) is 0 Å². The van der Waals surface area contributed by atoms with Crippen molar-refractivity contribution in [2.75, 3.05) is 13.1 Å². The van der Waals surface area contributed by atoms with Gasteiger partial charge in [0.25, 0.3) is 0 Å². The topological polar surface area (TPSA) is 107 Å². The van der Waals surface area contributed by atoms with E-state index in [1.807, 2.05) is 0 Å². The summed E-state index contributed by atoms with van der Waals surface area (Å²) in [6.07, 6.45) is 1.81. The lowest BCUT2D eigenvalue weighted by molar-refractivity contribution is -0.138. The molecule has 7 heteroatoms. The zero-order valence-corrected chi connectivity index (χ0v) is 8.26. The van der Waals surface area contributed by atoms with Crippen LogP contribution in [-0.2, 0) is 9.59 Å². The first kappa shape index (κ1) is 13.3. The zero-order chi connectivity index (χ0) is 11.7. The molecule has 0 amide bonds. The number of hydrogen-bond acceptors (Lipinski definition) is 4. The number of carbonyl (C=O) groups is 2. The molecule has 0 atom stereocenters. The first-order chi connectivity index (χ1) is 7.06. The molecule has 0 fully saturated rings. The van der Waals surface area contributed by atoms with Gasteiger partial charge < -0.3 is 10.2 Å². The quantitative estimate of drug-likeness (QED) is 0.335. The van der Waals surface area contributed by atoms with E-state index in [0.717, 1.165) is 5.01 Å². The lowest BCUT2D eigenvalue weighted by Gasteiger charge is -2.11. The minimum Gasteiger partial charge on any atom is -0.481 e. The summed E-state index contributed by atoms with van der Waals surface area (Å²) in [6, 6.07) is 0. The van der Waals surface area contributed by atoms with Crippen LogP contribution in [0.5, 0.6) is 0 Å². The molecule has 0 aromatic carbocycles. The van der Waals surface area contributed by atoms with Crippen LogP contribution in [0.1, 0.15) is 25.7 Å². The lowest BCUT2D eigenvalue weighted by Crippen LogP contribution is -2.25. The monoisotopic (exact) mass is 218 g/mol. The van der Waals surface area contributed by atoms with Crippen LogP contribution in [-0.4, -0.2) is 40.3 Å². The second-order valence-electron chi connectivity index (χ2n) is 3.07. The molecule has 0 spiro atoms. The fraction of sp³-hybridized carbons (Fsp3) is 0.750. The molecule has 0 bridgehead atoms. The van der Waals surface area contributed by atoms with Gasteiger partial charge in [0.1, 0.15) is 6.54 Å². The Balaban J connectivity index is 3.50. The third-order valence-electron chi connectivity index (χ3n) is 1.74. The normalized spacial score (nSPS) is 9.60. The van der Waals surface area contributed by atoms with Crippen molar-refractivity contribution < 1.29 is 19.8 Å². The van der Waals surface area contributed by atoms with Crippen molar-refractivity contribution >= 4 is 11.9 Å². The Morgan fingerprint density at radius 3 is 2.20 bits per heavy atom. The van der Waals surface area contributed by atoms with Crippen molar-refractivity contribution in [3.05, 3.63) is 4.91 Å². The van der Waals surface area contributed by atoms with Crippen molar-refractivity contribution in [2.24, 2.45) is 5.29 Å². The van der Waals surface area contributed by atoms with E-state index in [1.54, 1.807) is 0 Å². The van der Waals surface area contributed by atoms with Crippen LogP contribution < -0.4 is 0 Å². The van der Waals surface area contributed by atoms with Gasteiger partial charge in [-0.05, 0) is 12.8 Å². The average Bonchev–Trinajstić information content (AvgIpc) is 2.14. The Morgan fingerprint density at radius 1 is 1.07 bits per heavy atom. The van der Waals surface area contributed by atoms with E-state index in [2.05, 4.69) is 5.29 Å². The number of rotatable bonds is 9. The zero-order valence-electron chi connectivity index (χ0n) is 8.26. The number of aliphatic carboxylic acids is 2. The molecule has 2 N–H and O–H groups in total. The Labute approximate surface area is 86.6 Å². The van der Waals surface area contributed by atoms with Gasteiger partial charge in [-0.15, -0.1) is 4.91 Å². The third kappa shape index (κ3) is 8.66. The molecule has 0 radical (unpaired) electrons. The molecule has 0 saturated carbocycles. The summed E-state index contributed by atoms with van der Waals surface area (Å²) >= 11 is 0. The molecule has 0 aliphatic carbocycles. The largest absolute Gasteiger partial charge is 0.481 e. The Morgan fingerprint density at radius 2 is 1.73 bits per heavy atom. The highest BCUT2D eigenvalue weighted by Crippen LogP contribution is 2.02. The number of carboxylic acids is 2. The fourth-order valence-electron chi connectivity index (χ4n) is 1.05. The summed E-state index contributed by atoms with van der Waals surface area (Å²) < 4.78 is 0. The van der Waals surface area contributed by atoms with E-state index in [1.165, 1.54) is 0 Å². The first-order valence-electron chi connectivity index (χ1n) is 4.58. The molecule has 0 aromatic rings. The second kappa shape index (κ2) is 7.72. The molecular formula is C8H14N2O5. The van der Waals surface area contributed by atoms with Crippen LogP contribution >= 0.6 is 0 Å². The minimum atomic E-state index is -1.11. The maximum atomic E-state index is 10.2. The summed E-state index contributed by atoms with van der Waals surface area (Å²) in [7, 11) is 0. The van der Waals surface area contributed by atoms with Crippen LogP contribution in [0.3, 0.4) is 0 Å². The predicted octanol–water partition coefficient (Wildman–Crippen LogP) is 0.699.